The van der Waals surface area contributed by atoms with E-state index in [1.54, 1.807) is 0 Å². The van der Waals surface area contributed by atoms with Crippen LogP contribution < -0.4 is 5.32 Å². The number of halogens is 3. The van der Waals surface area contributed by atoms with Crippen molar-refractivity contribution in [3.8, 4) is 0 Å². The second-order valence-corrected chi connectivity index (χ2v) is 6.20. The van der Waals surface area contributed by atoms with Gasteiger partial charge in [0.25, 0.3) is 0 Å². The van der Waals surface area contributed by atoms with Gasteiger partial charge < -0.3 is 10.2 Å². The number of amides is 2. The number of hydrogen-bond acceptors (Lipinski definition) is 2. The van der Waals surface area contributed by atoms with Crippen molar-refractivity contribution in [3.05, 3.63) is 34.9 Å². The van der Waals surface area contributed by atoms with Gasteiger partial charge in [0.2, 0.25) is 5.91 Å². The molecule has 0 atom stereocenters. The van der Waals surface area contributed by atoms with Crippen molar-refractivity contribution in [2.24, 2.45) is 5.92 Å². The Morgan fingerprint density at radius 1 is 1.17 bits per heavy atom. The van der Waals surface area contributed by atoms with Gasteiger partial charge in [-0.15, -0.1) is 0 Å². The molecule has 0 spiro atoms. The quantitative estimate of drug-likeness (QED) is 0.918. The van der Waals surface area contributed by atoms with Crippen molar-refractivity contribution in [2.75, 3.05) is 13.1 Å². The molecule has 132 valence electrons. The highest BCUT2D eigenvalue weighted by Crippen LogP contribution is 2.24. The maximum atomic E-state index is 12.4. The summed E-state index contributed by atoms with van der Waals surface area (Å²) in [4.78, 5) is 24.1. The monoisotopic (exact) mass is 342 g/mol. The van der Waals surface area contributed by atoms with Crippen LogP contribution in [0.2, 0.25) is 0 Å². The number of piperidine rings is 1. The predicted octanol–water partition coefficient (Wildman–Crippen LogP) is 2.72. The SMILES string of the molecule is Cc1ccc(CNC(=O)C2CCN(C(=O)C(F)(F)F)CC2)cc1C. The van der Waals surface area contributed by atoms with Crippen LogP contribution in [0, 0.1) is 19.8 Å². The maximum absolute atomic E-state index is 12.4. The van der Waals surface area contributed by atoms with E-state index < -0.39 is 12.1 Å². The molecule has 0 saturated carbocycles. The Balaban J connectivity index is 1.82. The number of rotatable bonds is 3. The Morgan fingerprint density at radius 2 is 1.79 bits per heavy atom. The number of aryl methyl sites for hydroxylation is 2. The molecule has 0 aromatic heterocycles. The first-order valence-electron chi connectivity index (χ1n) is 7.88. The molecule has 0 unspecified atom stereocenters. The lowest BCUT2D eigenvalue weighted by Crippen LogP contribution is -2.47. The topological polar surface area (TPSA) is 49.4 Å². The molecule has 0 aliphatic carbocycles. The van der Waals surface area contributed by atoms with Gasteiger partial charge in [-0.25, -0.2) is 0 Å². The van der Waals surface area contributed by atoms with Crippen LogP contribution in [-0.4, -0.2) is 36.0 Å². The summed E-state index contributed by atoms with van der Waals surface area (Å²) in [7, 11) is 0. The van der Waals surface area contributed by atoms with Crippen LogP contribution in [0.25, 0.3) is 0 Å². The number of nitrogens with one attached hydrogen (secondary N) is 1. The average molecular weight is 342 g/mol. The van der Waals surface area contributed by atoms with E-state index in [0.717, 1.165) is 16.0 Å². The first-order chi connectivity index (χ1) is 11.2. The average Bonchev–Trinajstić information content (AvgIpc) is 2.54. The third-order valence-corrected chi connectivity index (χ3v) is 4.43. The van der Waals surface area contributed by atoms with Crippen molar-refractivity contribution in [2.45, 2.75) is 39.4 Å². The van der Waals surface area contributed by atoms with E-state index in [-0.39, 0.29) is 37.8 Å². The smallest absolute Gasteiger partial charge is 0.352 e. The van der Waals surface area contributed by atoms with E-state index >= 15 is 0 Å². The van der Waals surface area contributed by atoms with Crippen LogP contribution >= 0.6 is 0 Å². The van der Waals surface area contributed by atoms with Crippen LogP contribution in [0.5, 0.6) is 0 Å². The summed E-state index contributed by atoms with van der Waals surface area (Å²) in [5, 5.41) is 2.83. The van der Waals surface area contributed by atoms with Gasteiger partial charge in [0.1, 0.15) is 0 Å². The Morgan fingerprint density at radius 3 is 2.33 bits per heavy atom. The predicted molar refractivity (Wildman–Crippen MR) is 83.1 cm³/mol. The van der Waals surface area contributed by atoms with E-state index in [1.165, 1.54) is 5.56 Å². The number of benzene rings is 1. The number of carbonyl (C=O) groups is 2. The van der Waals surface area contributed by atoms with Gasteiger partial charge in [0.05, 0.1) is 0 Å². The van der Waals surface area contributed by atoms with E-state index in [0.29, 0.717) is 6.54 Å². The van der Waals surface area contributed by atoms with Gasteiger partial charge in [0, 0.05) is 25.6 Å². The fourth-order valence-electron chi connectivity index (χ4n) is 2.77. The van der Waals surface area contributed by atoms with Gasteiger partial charge in [-0.05, 0) is 43.4 Å². The van der Waals surface area contributed by atoms with Crippen LogP contribution in [0.15, 0.2) is 18.2 Å². The van der Waals surface area contributed by atoms with Crippen LogP contribution in [0.1, 0.15) is 29.5 Å². The highest BCUT2D eigenvalue weighted by atomic mass is 19.4. The summed E-state index contributed by atoms with van der Waals surface area (Å²) in [5.41, 5.74) is 3.30. The zero-order valence-corrected chi connectivity index (χ0v) is 13.7. The van der Waals surface area contributed by atoms with Gasteiger partial charge >= 0.3 is 12.1 Å². The van der Waals surface area contributed by atoms with E-state index in [1.807, 2.05) is 32.0 Å². The van der Waals surface area contributed by atoms with E-state index in [2.05, 4.69) is 5.32 Å². The van der Waals surface area contributed by atoms with Crippen molar-refractivity contribution in [3.63, 3.8) is 0 Å². The molecule has 4 nitrogen and oxygen atoms in total. The molecule has 1 fully saturated rings. The molecule has 1 heterocycles. The third-order valence-electron chi connectivity index (χ3n) is 4.43. The minimum absolute atomic E-state index is 0.0416. The minimum atomic E-state index is -4.85. The van der Waals surface area contributed by atoms with Crippen LogP contribution in [0.4, 0.5) is 13.2 Å². The zero-order valence-electron chi connectivity index (χ0n) is 13.7. The summed E-state index contributed by atoms with van der Waals surface area (Å²) < 4.78 is 37.2. The minimum Gasteiger partial charge on any atom is -0.352 e. The van der Waals surface area contributed by atoms with Crippen LogP contribution in [0.3, 0.4) is 0 Å². The molecular weight excluding hydrogens is 321 g/mol. The first kappa shape index (κ1) is 18.3. The highest BCUT2D eigenvalue weighted by Gasteiger charge is 2.43. The summed E-state index contributed by atoms with van der Waals surface area (Å²) in [6.45, 7) is 4.31. The molecule has 7 heteroatoms. The second-order valence-electron chi connectivity index (χ2n) is 6.20. The molecule has 2 rings (SSSR count). The fourth-order valence-corrected chi connectivity index (χ4v) is 2.77. The van der Waals surface area contributed by atoms with Gasteiger partial charge in [-0.3, -0.25) is 9.59 Å². The summed E-state index contributed by atoms with van der Waals surface area (Å²) >= 11 is 0. The summed E-state index contributed by atoms with van der Waals surface area (Å²) in [5.74, 6) is -2.35. The summed E-state index contributed by atoms with van der Waals surface area (Å²) in [6.07, 6.45) is -4.35. The molecule has 1 N–H and O–H groups in total. The number of carbonyl (C=O) groups excluding carboxylic acids is 2. The lowest BCUT2D eigenvalue weighted by Gasteiger charge is -2.31. The van der Waals surface area contributed by atoms with Crippen molar-refractivity contribution >= 4 is 11.8 Å². The Kier molecular flexibility index (Phi) is 5.51. The zero-order chi connectivity index (χ0) is 17.9. The standard InChI is InChI=1S/C17H21F3N2O2/c1-11-3-4-13(9-12(11)2)10-21-15(23)14-5-7-22(8-6-14)16(24)17(18,19)20/h3-4,9,14H,5-8,10H2,1-2H3,(H,21,23). The molecular formula is C17H21F3N2O2. The van der Waals surface area contributed by atoms with E-state index in [4.69, 9.17) is 0 Å². The molecule has 0 bridgehead atoms. The van der Waals surface area contributed by atoms with E-state index in [9.17, 15) is 22.8 Å². The molecule has 1 aromatic rings. The Bertz CT molecular complexity index is 621. The number of alkyl halides is 3. The lowest BCUT2D eigenvalue weighted by molar-refractivity contribution is -0.186. The lowest BCUT2D eigenvalue weighted by atomic mass is 9.95. The normalized spacial score (nSPS) is 16.1. The molecule has 0 radical (unpaired) electrons. The second kappa shape index (κ2) is 7.23. The fraction of sp³-hybridized carbons (Fsp3) is 0.529. The molecule has 2 amide bonds. The van der Waals surface area contributed by atoms with Gasteiger partial charge in [0.15, 0.2) is 0 Å². The summed E-state index contributed by atoms with van der Waals surface area (Å²) in [6, 6.07) is 5.92. The molecule has 1 aliphatic heterocycles. The number of nitrogens with zero attached hydrogens (tertiary/aromatic N) is 1. The Hall–Kier alpha value is -2.05. The highest BCUT2D eigenvalue weighted by molar-refractivity contribution is 5.83. The van der Waals surface area contributed by atoms with Crippen LogP contribution in [-0.2, 0) is 16.1 Å². The maximum Gasteiger partial charge on any atom is 0.471 e. The van der Waals surface area contributed by atoms with Gasteiger partial charge in [-0.2, -0.15) is 13.2 Å². The molecule has 1 aliphatic rings. The third kappa shape index (κ3) is 4.49. The number of hydrogen-bond donors (Lipinski definition) is 1. The largest absolute Gasteiger partial charge is 0.471 e. The number of likely N-dealkylation sites (tertiary alicyclic amines) is 1. The molecule has 1 saturated heterocycles. The molecule has 1 aromatic carbocycles. The van der Waals surface area contributed by atoms with Crippen molar-refractivity contribution < 1.29 is 22.8 Å². The first-order valence-corrected chi connectivity index (χ1v) is 7.88. The Labute approximate surface area is 139 Å². The van der Waals surface area contributed by atoms with Gasteiger partial charge in [-0.1, -0.05) is 18.2 Å². The van der Waals surface area contributed by atoms with Crippen molar-refractivity contribution in [1.82, 2.24) is 10.2 Å². The molecule has 24 heavy (non-hydrogen) atoms. The van der Waals surface area contributed by atoms with Crippen molar-refractivity contribution in [1.29, 1.82) is 0 Å².